The first-order valence-corrected chi connectivity index (χ1v) is 5.38. The van der Waals surface area contributed by atoms with Gasteiger partial charge in [0.2, 0.25) is 5.91 Å². The summed E-state index contributed by atoms with van der Waals surface area (Å²) in [6, 6.07) is 4.57. The third-order valence-electron chi connectivity index (χ3n) is 2.48. The number of nitrogens with zero attached hydrogens (tertiary/aromatic N) is 2. The fourth-order valence-electron chi connectivity index (χ4n) is 1.67. The van der Waals surface area contributed by atoms with Crippen molar-refractivity contribution in [2.45, 2.75) is 6.42 Å². The van der Waals surface area contributed by atoms with Gasteiger partial charge in [-0.1, -0.05) is 11.8 Å². The molecule has 0 aliphatic heterocycles. The lowest BCUT2D eigenvalue weighted by atomic mass is 10.1. The van der Waals surface area contributed by atoms with E-state index in [1.165, 1.54) is 18.5 Å². The molecule has 0 unspecified atom stereocenters. The Kier molecular flexibility index (Phi) is 3.39. The maximum atomic E-state index is 10.9. The second-order valence-corrected chi connectivity index (χ2v) is 3.76. The minimum Gasteiger partial charge on any atom is -0.369 e. The van der Waals surface area contributed by atoms with Crippen LogP contribution in [0, 0.1) is 22.0 Å². The van der Waals surface area contributed by atoms with E-state index in [1.807, 2.05) is 0 Å². The molecule has 0 radical (unpaired) electrons. The van der Waals surface area contributed by atoms with Crippen LogP contribution < -0.4 is 5.73 Å². The highest BCUT2D eigenvalue weighted by Crippen LogP contribution is 2.26. The van der Waals surface area contributed by atoms with Gasteiger partial charge in [0.15, 0.2) is 0 Å². The van der Waals surface area contributed by atoms with Gasteiger partial charge in [0.1, 0.15) is 0 Å². The number of carbonyl (C=O) groups excluding carboxylic acids is 1. The molecule has 1 heterocycles. The van der Waals surface area contributed by atoms with Crippen LogP contribution >= 0.6 is 0 Å². The predicted molar refractivity (Wildman–Crippen MR) is 69.1 cm³/mol. The van der Waals surface area contributed by atoms with Crippen molar-refractivity contribution in [1.82, 2.24) is 4.98 Å². The van der Waals surface area contributed by atoms with E-state index in [1.54, 1.807) is 12.1 Å². The molecule has 6 nitrogen and oxygen atoms in total. The molecule has 0 spiro atoms. The van der Waals surface area contributed by atoms with Crippen LogP contribution in [0.3, 0.4) is 0 Å². The number of nitrogens with two attached hydrogens (primary N) is 1. The molecule has 0 bridgehead atoms. The Bertz CT molecular complexity index is 729. The topological polar surface area (TPSA) is 99.1 Å². The zero-order chi connectivity index (χ0) is 13.8. The van der Waals surface area contributed by atoms with Gasteiger partial charge in [0, 0.05) is 29.4 Å². The second kappa shape index (κ2) is 5.14. The standard InChI is InChI=1S/C13H9N3O3/c14-13(17)3-1-2-9-4-5-12(16(18)19)11-8-15-7-6-10(9)11/h4-8H,3H2,(H2,14,17). The monoisotopic (exact) mass is 255 g/mol. The van der Waals surface area contributed by atoms with Crippen LogP contribution in [0.1, 0.15) is 12.0 Å². The number of amides is 1. The van der Waals surface area contributed by atoms with E-state index in [-0.39, 0.29) is 12.1 Å². The Balaban J connectivity index is 2.58. The number of primary amides is 1. The Hall–Kier alpha value is -2.94. The number of carbonyl (C=O) groups is 1. The van der Waals surface area contributed by atoms with Crippen LogP contribution in [0.2, 0.25) is 0 Å². The first-order chi connectivity index (χ1) is 9.09. The lowest BCUT2D eigenvalue weighted by Crippen LogP contribution is -2.08. The fourth-order valence-corrected chi connectivity index (χ4v) is 1.67. The number of rotatable bonds is 2. The van der Waals surface area contributed by atoms with Crippen LogP contribution in [-0.2, 0) is 4.79 Å². The minimum absolute atomic E-state index is 0.0245. The molecule has 0 aliphatic carbocycles. The number of non-ortho nitro benzene ring substituents is 1. The number of hydrogen-bond acceptors (Lipinski definition) is 4. The summed E-state index contributed by atoms with van der Waals surface area (Å²) in [6.07, 6.45) is 2.90. The van der Waals surface area contributed by atoms with Gasteiger partial charge in [-0.25, -0.2) is 0 Å². The van der Waals surface area contributed by atoms with Crippen LogP contribution in [0.4, 0.5) is 5.69 Å². The van der Waals surface area contributed by atoms with Crippen molar-refractivity contribution in [3.8, 4) is 11.8 Å². The molecule has 1 aromatic heterocycles. The molecule has 2 N–H and O–H groups in total. The van der Waals surface area contributed by atoms with E-state index in [0.717, 1.165) is 0 Å². The Morgan fingerprint density at radius 1 is 1.37 bits per heavy atom. The van der Waals surface area contributed by atoms with Gasteiger partial charge in [-0.3, -0.25) is 19.9 Å². The molecule has 2 aromatic rings. The van der Waals surface area contributed by atoms with Crippen LogP contribution in [0.25, 0.3) is 10.8 Å². The Morgan fingerprint density at radius 2 is 2.16 bits per heavy atom. The SMILES string of the molecule is NC(=O)CC#Cc1ccc([N+](=O)[O-])c2cnccc12. The molecular formula is C13H9N3O3. The summed E-state index contributed by atoms with van der Waals surface area (Å²) in [7, 11) is 0. The van der Waals surface area contributed by atoms with Crippen molar-refractivity contribution in [2.75, 3.05) is 0 Å². The van der Waals surface area contributed by atoms with Crippen molar-refractivity contribution in [2.24, 2.45) is 5.73 Å². The molecule has 0 saturated carbocycles. The lowest BCUT2D eigenvalue weighted by Gasteiger charge is -2.01. The molecule has 1 amide bonds. The average molecular weight is 255 g/mol. The largest absolute Gasteiger partial charge is 0.369 e. The van der Waals surface area contributed by atoms with Gasteiger partial charge in [-0.2, -0.15) is 0 Å². The van der Waals surface area contributed by atoms with E-state index in [4.69, 9.17) is 5.73 Å². The summed E-state index contributed by atoms with van der Waals surface area (Å²) in [5, 5.41) is 12.0. The number of pyridine rings is 1. The van der Waals surface area contributed by atoms with E-state index in [9.17, 15) is 14.9 Å². The fraction of sp³-hybridized carbons (Fsp3) is 0.0769. The third-order valence-corrected chi connectivity index (χ3v) is 2.48. The molecule has 0 aliphatic rings. The highest BCUT2D eigenvalue weighted by Gasteiger charge is 2.13. The average Bonchev–Trinajstić information content (AvgIpc) is 2.38. The zero-order valence-corrected chi connectivity index (χ0v) is 9.79. The normalized spacial score (nSPS) is 9.68. The summed E-state index contributed by atoms with van der Waals surface area (Å²) in [5.74, 6) is 4.90. The van der Waals surface area contributed by atoms with Crippen LogP contribution in [-0.4, -0.2) is 15.8 Å². The van der Waals surface area contributed by atoms with Crippen molar-refractivity contribution < 1.29 is 9.72 Å². The van der Waals surface area contributed by atoms with E-state index >= 15 is 0 Å². The van der Waals surface area contributed by atoms with Gasteiger partial charge in [-0.15, -0.1) is 0 Å². The Labute approximate surface area is 108 Å². The van der Waals surface area contributed by atoms with Gasteiger partial charge in [0.25, 0.3) is 5.69 Å². The molecule has 19 heavy (non-hydrogen) atoms. The van der Waals surface area contributed by atoms with E-state index < -0.39 is 10.8 Å². The molecule has 0 fully saturated rings. The maximum Gasteiger partial charge on any atom is 0.278 e. The summed E-state index contributed by atoms with van der Waals surface area (Å²) in [6.45, 7) is 0. The predicted octanol–water partition coefficient (Wildman–Crippen LogP) is 1.37. The number of hydrogen-bond donors (Lipinski definition) is 1. The number of aromatic nitrogens is 1. The van der Waals surface area contributed by atoms with Gasteiger partial charge in [-0.05, 0) is 12.1 Å². The summed E-state index contributed by atoms with van der Waals surface area (Å²) in [5.41, 5.74) is 5.57. The lowest BCUT2D eigenvalue weighted by molar-refractivity contribution is -0.383. The zero-order valence-electron chi connectivity index (χ0n) is 9.79. The molecule has 94 valence electrons. The van der Waals surface area contributed by atoms with E-state index in [2.05, 4.69) is 16.8 Å². The van der Waals surface area contributed by atoms with Gasteiger partial charge in [0.05, 0.1) is 16.7 Å². The molecule has 1 aromatic carbocycles. The molecule has 6 heteroatoms. The van der Waals surface area contributed by atoms with Crippen LogP contribution in [0.15, 0.2) is 30.6 Å². The number of nitro groups is 1. The highest BCUT2D eigenvalue weighted by molar-refractivity contribution is 5.94. The molecule has 0 atom stereocenters. The van der Waals surface area contributed by atoms with E-state index in [0.29, 0.717) is 16.3 Å². The van der Waals surface area contributed by atoms with Crippen molar-refractivity contribution in [1.29, 1.82) is 0 Å². The van der Waals surface area contributed by atoms with Gasteiger partial charge >= 0.3 is 0 Å². The summed E-state index contributed by atoms with van der Waals surface area (Å²) >= 11 is 0. The smallest absolute Gasteiger partial charge is 0.278 e. The number of nitro benzene ring substituents is 1. The molecule has 0 saturated heterocycles. The number of fused-ring (bicyclic) bond motifs is 1. The number of benzene rings is 1. The van der Waals surface area contributed by atoms with Crippen molar-refractivity contribution >= 4 is 22.4 Å². The van der Waals surface area contributed by atoms with Crippen molar-refractivity contribution in [3.05, 3.63) is 46.3 Å². The summed E-state index contributed by atoms with van der Waals surface area (Å²) < 4.78 is 0. The third kappa shape index (κ3) is 2.66. The molecular weight excluding hydrogens is 246 g/mol. The van der Waals surface area contributed by atoms with Crippen molar-refractivity contribution in [3.63, 3.8) is 0 Å². The first-order valence-electron chi connectivity index (χ1n) is 5.38. The van der Waals surface area contributed by atoms with Crippen LogP contribution in [0.5, 0.6) is 0 Å². The highest BCUT2D eigenvalue weighted by atomic mass is 16.6. The summed E-state index contributed by atoms with van der Waals surface area (Å²) in [4.78, 5) is 24.9. The quantitative estimate of drug-likeness (QED) is 0.497. The second-order valence-electron chi connectivity index (χ2n) is 3.76. The maximum absolute atomic E-state index is 10.9. The van der Waals surface area contributed by atoms with Gasteiger partial charge < -0.3 is 5.73 Å². The Morgan fingerprint density at radius 3 is 2.84 bits per heavy atom. The minimum atomic E-state index is -0.514. The molecule has 2 rings (SSSR count). The first kappa shape index (κ1) is 12.5.